The van der Waals surface area contributed by atoms with Gasteiger partial charge in [0.05, 0.1) is 10.6 Å². The molecule has 23 heavy (non-hydrogen) atoms. The van der Waals surface area contributed by atoms with E-state index < -0.39 is 10.0 Å². The molecular weight excluding hydrogens is 310 g/mol. The molecule has 0 saturated heterocycles. The van der Waals surface area contributed by atoms with Gasteiger partial charge < -0.3 is 5.11 Å². The molecule has 0 aliphatic rings. The van der Waals surface area contributed by atoms with E-state index in [4.69, 9.17) is 0 Å². The van der Waals surface area contributed by atoms with E-state index in [0.717, 1.165) is 11.1 Å². The molecule has 4 nitrogen and oxygen atoms in total. The lowest BCUT2D eigenvalue weighted by atomic mass is 10.0. The van der Waals surface area contributed by atoms with Crippen LogP contribution >= 0.6 is 0 Å². The lowest BCUT2D eigenvalue weighted by Gasteiger charge is -2.12. The standard InChI is InChI=1S/C18H17NO3S/c1-12-6-9-14(10-7-12)23(21,22)19-17-5-3-4-16-15(17)11-8-13(2)18(16)20/h3-11,19-20H,1-2H3. The Morgan fingerprint density at radius 3 is 2.26 bits per heavy atom. The van der Waals surface area contributed by atoms with Crippen molar-refractivity contribution >= 4 is 26.5 Å². The smallest absolute Gasteiger partial charge is 0.261 e. The Labute approximate surface area is 135 Å². The molecule has 0 aliphatic heterocycles. The molecule has 3 aromatic rings. The highest BCUT2D eigenvalue weighted by Gasteiger charge is 2.16. The summed E-state index contributed by atoms with van der Waals surface area (Å²) in [4.78, 5) is 0.205. The summed E-state index contributed by atoms with van der Waals surface area (Å²) in [6.45, 7) is 3.71. The van der Waals surface area contributed by atoms with Crippen LogP contribution in [0.1, 0.15) is 11.1 Å². The van der Waals surface area contributed by atoms with Gasteiger partial charge in [-0.1, -0.05) is 42.0 Å². The monoisotopic (exact) mass is 327 g/mol. The van der Waals surface area contributed by atoms with Crippen LogP contribution in [0.4, 0.5) is 5.69 Å². The Morgan fingerprint density at radius 1 is 0.870 bits per heavy atom. The zero-order valence-electron chi connectivity index (χ0n) is 12.9. The quantitative estimate of drug-likeness (QED) is 0.765. The van der Waals surface area contributed by atoms with Crippen molar-refractivity contribution in [2.45, 2.75) is 18.7 Å². The molecule has 0 aromatic heterocycles. The summed E-state index contributed by atoms with van der Waals surface area (Å²) in [5.74, 6) is 0.166. The van der Waals surface area contributed by atoms with Crippen molar-refractivity contribution in [1.29, 1.82) is 0 Å². The summed E-state index contributed by atoms with van der Waals surface area (Å²) < 4.78 is 27.7. The highest BCUT2D eigenvalue weighted by atomic mass is 32.2. The molecule has 5 heteroatoms. The Kier molecular flexibility index (Phi) is 3.74. The minimum Gasteiger partial charge on any atom is -0.507 e. The fraction of sp³-hybridized carbons (Fsp3) is 0.111. The number of aromatic hydroxyl groups is 1. The van der Waals surface area contributed by atoms with E-state index in [9.17, 15) is 13.5 Å². The predicted molar refractivity (Wildman–Crippen MR) is 92.3 cm³/mol. The van der Waals surface area contributed by atoms with E-state index in [1.807, 2.05) is 6.92 Å². The normalized spacial score (nSPS) is 11.6. The molecule has 0 spiro atoms. The van der Waals surface area contributed by atoms with Gasteiger partial charge in [0, 0.05) is 10.8 Å². The Morgan fingerprint density at radius 2 is 1.57 bits per heavy atom. The number of benzene rings is 3. The van der Waals surface area contributed by atoms with Gasteiger partial charge >= 0.3 is 0 Å². The molecular formula is C18H17NO3S. The lowest BCUT2D eigenvalue weighted by Crippen LogP contribution is -2.13. The second-order valence-corrected chi connectivity index (χ2v) is 7.23. The number of nitrogens with one attached hydrogen (secondary N) is 1. The number of anilines is 1. The van der Waals surface area contributed by atoms with Crippen molar-refractivity contribution in [2.24, 2.45) is 0 Å². The van der Waals surface area contributed by atoms with E-state index in [2.05, 4.69) is 4.72 Å². The largest absolute Gasteiger partial charge is 0.507 e. The molecule has 3 rings (SSSR count). The summed E-state index contributed by atoms with van der Waals surface area (Å²) in [5.41, 5.74) is 2.18. The van der Waals surface area contributed by atoms with E-state index in [1.54, 1.807) is 61.5 Å². The van der Waals surface area contributed by atoms with Crippen molar-refractivity contribution in [3.05, 3.63) is 65.7 Å². The average molecular weight is 327 g/mol. The van der Waals surface area contributed by atoms with Gasteiger partial charge in [0.25, 0.3) is 10.0 Å². The number of sulfonamides is 1. The maximum Gasteiger partial charge on any atom is 0.261 e. The first-order valence-corrected chi connectivity index (χ1v) is 8.67. The fourth-order valence-corrected chi connectivity index (χ4v) is 3.54. The van der Waals surface area contributed by atoms with Crippen molar-refractivity contribution in [3.63, 3.8) is 0 Å². The predicted octanol–water partition coefficient (Wildman–Crippen LogP) is 3.96. The molecule has 0 fully saturated rings. The van der Waals surface area contributed by atoms with Gasteiger partial charge in [0.15, 0.2) is 0 Å². The number of rotatable bonds is 3. The first kappa shape index (κ1) is 15.4. The molecule has 0 atom stereocenters. The summed E-state index contributed by atoms with van der Waals surface area (Å²) in [7, 11) is -3.68. The summed E-state index contributed by atoms with van der Waals surface area (Å²) in [5, 5.41) is 11.4. The molecule has 2 N–H and O–H groups in total. The third kappa shape index (κ3) is 2.87. The van der Waals surface area contributed by atoms with Gasteiger partial charge in [-0.05, 0) is 37.6 Å². The van der Waals surface area contributed by atoms with Gasteiger partial charge in [-0.3, -0.25) is 4.72 Å². The molecule has 0 radical (unpaired) electrons. The third-order valence-corrected chi connectivity index (χ3v) is 5.19. The van der Waals surface area contributed by atoms with Crippen molar-refractivity contribution in [2.75, 3.05) is 4.72 Å². The number of hydrogen-bond donors (Lipinski definition) is 2. The van der Waals surface area contributed by atoms with Crippen LogP contribution in [0, 0.1) is 13.8 Å². The second-order valence-electron chi connectivity index (χ2n) is 5.55. The average Bonchev–Trinajstić information content (AvgIpc) is 2.51. The Balaban J connectivity index is 2.08. The number of fused-ring (bicyclic) bond motifs is 1. The van der Waals surface area contributed by atoms with Crippen molar-refractivity contribution in [3.8, 4) is 5.75 Å². The van der Waals surface area contributed by atoms with E-state index in [-0.39, 0.29) is 10.6 Å². The molecule has 0 heterocycles. The van der Waals surface area contributed by atoms with Crippen LogP contribution in [0.25, 0.3) is 10.8 Å². The van der Waals surface area contributed by atoms with E-state index in [0.29, 0.717) is 16.5 Å². The van der Waals surface area contributed by atoms with Gasteiger partial charge in [0.1, 0.15) is 5.75 Å². The molecule has 0 unspecified atom stereocenters. The fourth-order valence-electron chi connectivity index (χ4n) is 2.46. The van der Waals surface area contributed by atoms with Crippen LogP contribution in [0.5, 0.6) is 5.75 Å². The first-order valence-electron chi connectivity index (χ1n) is 7.19. The molecule has 0 aliphatic carbocycles. The van der Waals surface area contributed by atoms with Crippen molar-refractivity contribution in [1.82, 2.24) is 0 Å². The SMILES string of the molecule is Cc1ccc(S(=O)(=O)Nc2cccc3c(O)c(C)ccc23)cc1. The first-order chi connectivity index (χ1) is 10.9. The number of aryl methyl sites for hydroxylation is 2. The van der Waals surface area contributed by atoms with Crippen LogP contribution in [-0.4, -0.2) is 13.5 Å². The van der Waals surface area contributed by atoms with Crippen LogP contribution in [0.2, 0.25) is 0 Å². The zero-order valence-corrected chi connectivity index (χ0v) is 13.7. The summed E-state index contributed by atoms with van der Waals surface area (Å²) in [6, 6.07) is 15.4. The molecule has 0 bridgehead atoms. The van der Waals surface area contributed by atoms with Gasteiger partial charge in [0.2, 0.25) is 0 Å². The third-order valence-electron chi connectivity index (χ3n) is 3.81. The number of phenols is 1. The zero-order chi connectivity index (χ0) is 16.6. The van der Waals surface area contributed by atoms with Gasteiger partial charge in [-0.2, -0.15) is 0 Å². The summed E-state index contributed by atoms with van der Waals surface area (Å²) in [6.07, 6.45) is 0. The maximum atomic E-state index is 12.5. The Hall–Kier alpha value is -2.53. The maximum absolute atomic E-state index is 12.5. The highest BCUT2D eigenvalue weighted by Crippen LogP contribution is 2.33. The van der Waals surface area contributed by atoms with Gasteiger partial charge in [-0.25, -0.2) is 8.42 Å². The van der Waals surface area contributed by atoms with Crippen LogP contribution in [0.3, 0.4) is 0 Å². The van der Waals surface area contributed by atoms with Gasteiger partial charge in [-0.15, -0.1) is 0 Å². The number of phenolic OH excluding ortho intramolecular Hbond substituents is 1. The Bertz CT molecular complexity index is 977. The molecule has 3 aromatic carbocycles. The number of hydrogen-bond acceptors (Lipinski definition) is 3. The van der Waals surface area contributed by atoms with E-state index in [1.165, 1.54) is 0 Å². The lowest BCUT2D eigenvalue weighted by molar-refractivity contribution is 0.477. The van der Waals surface area contributed by atoms with E-state index >= 15 is 0 Å². The topological polar surface area (TPSA) is 66.4 Å². The highest BCUT2D eigenvalue weighted by molar-refractivity contribution is 7.92. The minimum atomic E-state index is -3.68. The van der Waals surface area contributed by atoms with Crippen LogP contribution in [-0.2, 0) is 10.0 Å². The molecule has 118 valence electrons. The van der Waals surface area contributed by atoms with Crippen molar-refractivity contribution < 1.29 is 13.5 Å². The summed E-state index contributed by atoms with van der Waals surface area (Å²) >= 11 is 0. The van der Waals surface area contributed by atoms with Crippen LogP contribution < -0.4 is 4.72 Å². The molecule has 0 saturated carbocycles. The second kappa shape index (κ2) is 5.59. The molecule has 0 amide bonds. The minimum absolute atomic E-state index is 0.166. The van der Waals surface area contributed by atoms with Crippen LogP contribution in [0.15, 0.2) is 59.5 Å².